The molecule has 0 radical (unpaired) electrons. The van der Waals surface area contributed by atoms with E-state index >= 15 is 0 Å². The fourth-order valence-electron chi connectivity index (χ4n) is 7.31. The summed E-state index contributed by atoms with van der Waals surface area (Å²) >= 11 is 0. The third kappa shape index (κ3) is 5.08. The number of benzene rings is 6. The quantitative estimate of drug-likeness (QED) is 0.178. The average molecular weight is 628 g/mol. The summed E-state index contributed by atoms with van der Waals surface area (Å²) in [6, 6.07) is 56.6. The summed E-state index contributed by atoms with van der Waals surface area (Å²) in [5.41, 5.74) is 14.2. The van der Waals surface area contributed by atoms with Crippen LogP contribution in [0.3, 0.4) is 0 Å². The van der Waals surface area contributed by atoms with Crippen LogP contribution in [-0.2, 0) is 0 Å². The Balaban J connectivity index is 1.28. The highest BCUT2D eigenvalue weighted by atomic mass is 15.0. The molecule has 0 aliphatic carbocycles. The third-order valence-electron chi connectivity index (χ3n) is 9.59. The molecule has 0 saturated heterocycles. The van der Waals surface area contributed by atoms with Gasteiger partial charge in [-0.2, -0.15) is 0 Å². The highest BCUT2D eigenvalue weighted by Gasteiger charge is 2.18. The van der Waals surface area contributed by atoms with Crippen molar-refractivity contribution >= 4 is 27.2 Å². The van der Waals surface area contributed by atoms with Gasteiger partial charge in [-0.15, -0.1) is 0 Å². The minimum atomic E-state index is 0.927. The van der Waals surface area contributed by atoms with Crippen LogP contribution in [-0.4, -0.2) is 14.4 Å². The molecular weight excluding hydrogens is 595 g/mol. The van der Waals surface area contributed by atoms with Crippen LogP contribution in [0, 0.1) is 13.8 Å². The zero-order valence-electron chi connectivity index (χ0n) is 27.4. The summed E-state index contributed by atoms with van der Waals surface area (Å²) in [6.07, 6.45) is 2.10. The molecule has 49 heavy (non-hydrogen) atoms. The van der Waals surface area contributed by atoms with Crippen molar-refractivity contribution in [1.82, 2.24) is 14.4 Å². The fourth-order valence-corrected chi connectivity index (χ4v) is 7.31. The van der Waals surface area contributed by atoms with Crippen molar-refractivity contribution in [1.29, 1.82) is 0 Å². The lowest BCUT2D eigenvalue weighted by molar-refractivity contribution is 1.13. The largest absolute Gasteiger partial charge is 0.299 e. The van der Waals surface area contributed by atoms with Crippen molar-refractivity contribution < 1.29 is 0 Å². The smallest absolute Gasteiger partial charge is 0.137 e. The lowest BCUT2D eigenvalue weighted by Gasteiger charge is -2.16. The normalized spacial score (nSPS) is 11.5. The molecule has 9 aromatic rings. The number of hydrogen-bond donors (Lipinski definition) is 0. The van der Waals surface area contributed by atoms with Gasteiger partial charge in [-0.3, -0.25) is 9.38 Å². The minimum absolute atomic E-state index is 0.927. The van der Waals surface area contributed by atoms with Gasteiger partial charge in [0.05, 0.1) is 11.4 Å². The highest BCUT2D eigenvalue weighted by molar-refractivity contribution is 6.14. The molecule has 3 heteroatoms. The summed E-state index contributed by atoms with van der Waals surface area (Å²) in [4.78, 5) is 10.0. The number of nitrogens with zero attached hydrogens (tertiary/aromatic N) is 3. The molecule has 0 aliphatic rings. The fraction of sp³-hybridized carbons (Fsp3) is 0.0435. The molecule has 232 valence electrons. The molecule has 3 aromatic heterocycles. The predicted molar refractivity (Wildman–Crippen MR) is 205 cm³/mol. The number of aryl methyl sites for hydroxylation is 2. The minimum Gasteiger partial charge on any atom is -0.299 e. The van der Waals surface area contributed by atoms with Crippen molar-refractivity contribution in [2.45, 2.75) is 13.8 Å². The standard InChI is InChI=1S/C46H33N3/c1-30-22-23-39(31(2)47-30)37-26-36(27-38(28-37)43-29-34-15-6-7-18-40(34)41-19-8-9-20-42(41)43)33-16-12-17-35(25-33)45-46(32-13-4-3-5-14-32)49-24-11-10-21-44(49)48-45/h3-29H,1-2H3. The average Bonchev–Trinajstić information content (AvgIpc) is 3.55. The molecule has 0 fully saturated rings. The maximum atomic E-state index is 5.16. The van der Waals surface area contributed by atoms with E-state index in [2.05, 4.69) is 169 Å². The molecule has 0 bridgehead atoms. The first-order valence-corrected chi connectivity index (χ1v) is 16.7. The van der Waals surface area contributed by atoms with E-state index in [1.54, 1.807) is 0 Å². The number of aromatic nitrogens is 3. The SMILES string of the molecule is Cc1ccc(-c2cc(-c3cccc(-c4nc5ccccn5c4-c4ccccc4)c3)cc(-c3cc4ccccc4c4ccccc34)c2)c(C)n1. The van der Waals surface area contributed by atoms with Crippen LogP contribution < -0.4 is 0 Å². The molecule has 0 aliphatic heterocycles. The van der Waals surface area contributed by atoms with Gasteiger partial charge in [-0.1, -0.05) is 109 Å². The topological polar surface area (TPSA) is 30.2 Å². The Morgan fingerprint density at radius 2 is 1.08 bits per heavy atom. The Kier molecular flexibility index (Phi) is 6.91. The predicted octanol–water partition coefficient (Wildman–Crippen LogP) is 12.0. The molecule has 0 spiro atoms. The van der Waals surface area contributed by atoms with Crippen molar-refractivity contribution in [2.24, 2.45) is 0 Å². The molecule has 0 atom stereocenters. The van der Waals surface area contributed by atoms with Crippen molar-refractivity contribution in [3.8, 4) is 55.9 Å². The Hall–Kier alpha value is -6.32. The van der Waals surface area contributed by atoms with Gasteiger partial charge in [0, 0.05) is 34.3 Å². The zero-order chi connectivity index (χ0) is 32.9. The lowest BCUT2D eigenvalue weighted by atomic mass is 9.88. The number of fused-ring (bicyclic) bond motifs is 4. The van der Waals surface area contributed by atoms with Gasteiger partial charge in [0.15, 0.2) is 0 Å². The number of imidazole rings is 1. The second kappa shape index (κ2) is 11.7. The summed E-state index contributed by atoms with van der Waals surface area (Å²) in [5, 5.41) is 5.01. The van der Waals surface area contributed by atoms with Crippen LogP contribution in [0.1, 0.15) is 11.4 Å². The van der Waals surface area contributed by atoms with Gasteiger partial charge in [-0.05, 0) is 112 Å². The van der Waals surface area contributed by atoms with Crippen molar-refractivity contribution in [2.75, 3.05) is 0 Å². The lowest BCUT2D eigenvalue weighted by Crippen LogP contribution is -1.93. The van der Waals surface area contributed by atoms with Gasteiger partial charge in [0.25, 0.3) is 0 Å². The van der Waals surface area contributed by atoms with Gasteiger partial charge >= 0.3 is 0 Å². The molecule has 6 aromatic carbocycles. The van der Waals surface area contributed by atoms with E-state index < -0.39 is 0 Å². The Labute approximate surface area is 285 Å². The molecule has 3 heterocycles. The molecular formula is C46H33N3. The Morgan fingerprint density at radius 1 is 0.429 bits per heavy atom. The third-order valence-corrected chi connectivity index (χ3v) is 9.59. The van der Waals surface area contributed by atoms with Crippen molar-refractivity contribution in [3.63, 3.8) is 0 Å². The second-order valence-corrected chi connectivity index (χ2v) is 12.8. The highest BCUT2D eigenvalue weighted by Crippen LogP contribution is 2.40. The van der Waals surface area contributed by atoms with Gasteiger partial charge in [-0.25, -0.2) is 4.98 Å². The van der Waals surface area contributed by atoms with Gasteiger partial charge in [0.2, 0.25) is 0 Å². The van der Waals surface area contributed by atoms with E-state index in [0.29, 0.717) is 0 Å². The first-order valence-electron chi connectivity index (χ1n) is 16.7. The van der Waals surface area contributed by atoms with E-state index in [1.165, 1.54) is 32.7 Å². The van der Waals surface area contributed by atoms with Crippen LogP contribution in [0.15, 0.2) is 164 Å². The zero-order valence-corrected chi connectivity index (χ0v) is 27.4. The maximum Gasteiger partial charge on any atom is 0.137 e. The molecule has 0 amide bonds. The van der Waals surface area contributed by atoms with E-state index in [9.17, 15) is 0 Å². The van der Waals surface area contributed by atoms with E-state index in [-0.39, 0.29) is 0 Å². The molecule has 0 saturated carbocycles. The van der Waals surface area contributed by atoms with E-state index in [0.717, 1.165) is 61.8 Å². The van der Waals surface area contributed by atoms with Crippen molar-refractivity contribution in [3.05, 3.63) is 175 Å². The summed E-state index contributed by atoms with van der Waals surface area (Å²) < 4.78 is 2.19. The molecule has 0 unspecified atom stereocenters. The van der Waals surface area contributed by atoms with Gasteiger partial charge in [0.1, 0.15) is 5.65 Å². The van der Waals surface area contributed by atoms with Crippen LogP contribution in [0.5, 0.6) is 0 Å². The number of hydrogen-bond acceptors (Lipinski definition) is 2. The van der Waals surface area contributed by atoms with Gasteiger partial charge < -0.3 is 0 Å². The Morgan fingerprint density at radius 3 is 1.92 bits per heavy atom. The van der Waals surface area contributed by atoms with E-state index in [1.807, 2.05) is 13.0 Å². The van der Waals surface area contributed by atoms with Crippen LogP contribution in [0.2, 0.25) is 0 Å². The van der Waals surface area contributed by atoms with Crippen LogP contribution in [0.4, 0.5) is 0 Å². The molecule has 0 N–H and O–H groups in total. The number of rotatable bonds is 5. The second-order valence-electron chi connectivity index (χ2n) is 12.8. The monoisotopic (exact) mass is 627 g/mol. The first kappa shape index (κ1) is 28.9. The van der Waals surface area contributed by atoms with E-state index in [4.69, 9.17) is 9.97 Å². The molecule has 9 rings (SSSR count). The van der Waals surface area contributed by atoms with Crippen LogP contribution in [0.25, 0.3) is 83.1 Å². The maximum absolute atomic E-state index is 5.16. The van der Waals surface area contributed by atoms with Crippen LogP contribution >= 0.6 is 0 Å². The summed E-state index contributed by atoms with van der Waals surface area (Å²) in [5.74, 6) is 0. The Bertz CT molecular complexity index is 2680. The summed E-state index contributed by atoms with van der Waals surface area (Å²) in [6.45, 7) is 4.16. The first-order chi connectivity index (χ1) is 24.1. The molecule has 3 nitrogen and oxygen atoms in total. The summed E-state index contributed by atoms with van der Waals surface area (Å²) in [7, 11) is 0. The number of pyridine rings is 2.